The monoisotopic (exact) mass is 350 g/mol. The first-order chi connectivity index (χ1) is 12.5. The summed E-state index contributed by atoms with van der Waals surface area (Å²) < 4.78 is 11.0. The molecule has 0 radical (unpaired) electrons. The summed E-state index contributed by atoms with van der Waals surface area (Å²) in [5.74, 6) is 1.58. The van der Waals surface area contributed by atoms with Gasteiger partial charge in [-0.25, -0.2) is 9.78 Å². The molecule has 1 aliphatic rings. The van der Waals surface area contributed by atoms with Crippen molar-refractivity contribution in [1.82, 2.24) is 9.88 Å². The molecule has 0 aliphatic carbocycles. The van der Waals surface area contributed by atoms with Gasteiger partial charge in [0.1, 0.15) is 17.2 Å². The molecule has 1 aromatic carbocycles. The molecule has 6 nitrogen and oxygen atoms in total. The molecule has 3 aromatic rings. The smallest absolute Gasteiger partial charge is 0.336 e. The topological polar surface area (TPSA) is 76.6 Å². The molecule has 6 heteroatoms. The van der Waals surface area contributed by atoms with Crippen molar-refractivity contribution in [3.8, 4) is 11.5 Å². The highest BCUT2D eigenvalue weighted by atomic mass is 16.4. The van der Waals surface area contributed by atoms with Gasteiger partial charge in [-0.15, -0.1) is 0 Å². The molecule has 26 heavy (non-hydrogen) atoms. The van der Waals surface area contributed by atoms with Crippen LogP contribution in [0.1, 0.15) is 33.1 Å². The van der Waals surface area contributed by atoms with Crippen LogP contribution >= 0.6 is 0 Å². The zero-order valence-electron chi connectivity index (χ0n) is 14.6. The third-order valence-corrected chi connectivity index (χ3v) is 4.58. The van der Waals surface area contributed by atoms with Crippen LogP contribution in [0.3, 0.4) is 0 Å². The lowest BCUT2D eigenvalue weighted by Crippen LogP contribution is -2.36. The van der Waals surface area contributed by atoms with E-state index in [2.05, 4.69) is 4.98 Å². The molecule has 0 fully saturated rings. The number of nitrogens with zero attached hydrogens (tertiary/aromatic N) is 2. The number of hydrogen-bond acceptors (Lipinski definition) is 5. The van der Waals surface area contributed by atoms with Crippen molar-refractivity contribution in [3.05, 3.63) is 75.2 Å². The van der Waals surface area contributed by atoms with Crippen LogP contribution in [0.2, 0.25) is 0 Å². The lowest BCUT2D eigenvalue weighted by molar-refractivity contribution is 0.0723. The first kappa shape index (κ1) is 16.3. The average molecular weight is 350 g/mol. The fourth-order valence-corrected chi connectivity index (χ4v) is 3.31. The lowest BCUT2D eigenvalue weighted by Gasteiger charge is -2.26. The highest BCUT2D eigenvalue weighted by Crippen LogP contribution is 2.27. The third-order valence-electron chi connectivity index (χ3n) is 4.58. The molecule has 4 rings (SSSR count). The number of carbonyl (C=O) groups is 1. The van der Waals surface area contributed by atoms with Crippen molar-refractivity contribution in [3.63, 3.8) is 0 Å². The molecule has 0 spiro atoms. The number of amides is 1. The van der Waals surface area contributed by atoms with E-state index in [0.717, 1.165) is 17.0 Å². The van der Waals surface area contributed by atoms with Gasteiger partial charge in [-0.2, -0.15) is 0 Å². The van der Waals surface area contributed by atoms with Crippen molar-refractivity contribution in [2.45, 2.75) is 26.8 Å². The minimum absolute atomic E-state index is 0.154. The van der Waals surface area contributed by atoms with Gasteiger partial charge in [-0.05, 0) is 31.5 Å². The SMILES string of the molecule is Cc1cc(=O)oc(C)c1C(=O)N1CCc2oc(-c3ccccc3)nc2C1. The van der Waals surface area contributed by atoms with Crippen molar-refractivity contribution < 1.29 is 13.6 Å². The van der Waals surface area contributed by atoms with Crippen molar-refractivity contribution >= 4 is 5.91 Å². The summed E-state index contributed by atoms with van der Waals surface area (Å²) in [6.07, 6.45) is 0.607. The molecule has 0 atom stereocenters. The molecule has 0 saturated heterocycles. The predicted octanol–water partition coefficient (Wildman–Crippen LogP) is 3.11. The lowest BCUT2D eigenvalue weighted by atomic mass is 10.1. The fourth-order valence-electron chi connectivity index (χ4n) is 3.31. The molecule has 1 aliphatic heterocycles. The number of benzene rings is 1. The maximum absolute atomic E-state index is 12.9. The quantitative estimate of drug-likeness (QED) is 0.710. The standard InChI is InChI=1S/C20H18N2O4/c1-12-10-17(23)25-13(2)18(12)20(24)22-9-8-16-15(11-22)21-19(26-16)14-6-4-3-5-7-14/h3-7,10H,8-9,11H2,1-2H3. The Kier molecular flexibility index (Phi) is 3.95. The van der Waals surface area contributed by atoms with E-state index < -0.39 is 5.63 Å². The van der Waals surface area contributed by atoms with Crippen LogP contribution in [-0.2, 0) is 13.0 Å². The molecule has 0 N–H and O–H groups in total. The minimum Gasteiger partial charge on any atom is -0.441 e. The molecule has 2 aromatic heterocycles. The van der Waals surface area contributed by atoms with Crippen LogP contribution in [0.15, 0.2) is 50.0 Å². The first-order valence-corrected chi connectivity index (χ1v) is 8.47. The Morgan fingerprint density at radius 2 is 1.92 bits per heavy atom. The second kappa shape index (κ2) is 6.29. The Morgan fingerprint density at radius 3 is 2.65 bits per heavy atom. The zero-order chi connectivity index (χ0) is 18.3. The van der Waals surface area contributed by atoms with Gasteiger partial charge in [0.25, 0.3) is 5.91 Å². The van der Waals surface area contributed by atoms with E-state index in [4.69, 9.17) is 8.83 Å². The van der Waals surface area contributed by atoms with E-state index in [0.29, 0.717) is 42.3 Å². The van der Waals surface area contributed by atoms with Crippen LogP contribution in [0.5, 0.6) is 0 Å². The zero-order valence-corrected chi connectivity index (χ0v) is 14.6. The van der Waals surface area contributed by atoms with Crippen LogP contribution in [0.25, 0.3) is 11.5 Å². The van der Waals surface area contributed by atoms with E-state index in [1.807, 2.05) is 30.3 Å². The number of oxazole rings is 1. The molecular weight excluding hydrogens is 332 g/mol. The van der Waals surface area contributed by atoms with Crippen LogP contribution in [0.4, 0.5) is 0 Å². The van der Waals surface area contributed by atoms with E-state index >= 15 is 0 Å². The predicted molar refractivity (Wildman–Crippen MR) is 94.8 cm³/mol. The number of fused-ring (bicyclic) bond motifs is 1. The van der Waals surface area contributed by atoms with Gasteiger partial charge in [0, 0.05) is 24.6 Å². The summed E-state index contributed by atoms with van der Waals surface area (Å²) >= 11 is 0. The highest BCUT2D eigenvalue weighted by molar-refractivity contribution is 5.96. The van der Waals surface area contributed by atoms with Gasteiger partial charge in [-0.3, -0.25) is 4.79 Å². The first-order valence-electron chi connectivity index (χ1n) is 8.47. The largest absolute Gasteiger partial charge is 0.441 e. The van der Waals surface area contributed by atoms with Crippen molar-refractivity contribution in [2.75, 3.05) is 6.54 Å². The Morgan fingerprint density at radius 1 is 1.15 bits per heavy atom. The fraction of sp³-hybridized carbons (Fsp3) is 0.250. The summed E-state index contributed by atoms with van der Waals surface area (Å²) in [6.45, 7) is 4.30. The average Bonchev–Trinajstić information content (AvgIpc) is 3.04. The van der Waals surface area contributed by atoms with Gasteiger partial charge in [-0.1, -0.05) is 18.2 Å². The van der Waals surface area contributed by atoms with Crippen LogP contribution in [-0.4, -0.2) is 22.3 Å². The summed E-state index contributed by atoms with van der Waals surface area (Å²) in [6, 6.07) is 11.0. The normalized spacial score (nSPS) is 13.5. The summed E-state index contributed by atoms with van der Waals surface area (Å²) in [5, 5.41) is 0. The number of aryl methyl sites for hydroxylation is 2. The molecule has 0 unspecified atom stereocenters. The molecule has 3 heterocycles. The van der Waals surface area contributed by atoms with Crippen LogP contribution in [0, 0.1) is 13.8 Å². The van der Waals surface area contributed by atoms with E-state index in [1.54, 1.807) is 18.7 Å². The maximum Gasteiger partial charge on any atom is 0.336 e. The number of aromatic nitrogens is 1. The van der Waals surface area contributed by atoms with Gasteiger partial charge in [0.05, 0.1) is 12.1 Å². The summed E-state index contributed by atoms with van der Waals surface area (Å²) in [5.41, 5.74) is 2.31. The van der Waals surface area contributed by atoms with Crippen LogP contribution < -0.4 is 5.63 Å². The van der Waals surface area contributed by atoms with Crippen molar-refractivity contribution in [1.29, 1.82) is 0 Å². The second-order valence-corrected chi connectivity index (χ2v) is 6.41. The minimum atomic E-state index is -0.443. The molecule has 0 bridgehead atoms. The molecule has 0 saturated carbocycles. The molecule has 132 valence electrons. The third kappa shape index (κ3) is 2.83. The number of carbonyl (C=O) groups excluding carboxylic acids is 1. The van der Waals surface area contributed by atoms with Gasteiger partial charge in [0.2, 0.25) is 5.89 Å². The highest BCUT2D eigenvalue weighted by Gasteiger charge is 2.28. The van der Waals surface area contributed by atoms with Gasteiger partial charge >= 0.3 is 5.63 Å². The number of rotatable bonds is 2. The van der Waals surface area contributed by atoms with E-state index in [-0.39, 0.29) is 5.91 Å². The summed E-state index contributed by atoms with van der Waals surface area (Å²) in [7, 11) is 0. The Hall–Kier alpha value is -3.15. The second-order valence-electron chi connectivity index (χ2n) is 6.41. The Bertz CT molecular complexity index is 1010. The Labute approximate surface area is 150 Å². The maximum atomic E-state index is 12.9. The van der Waals surface area contributed by atoms with Gasteiger partial charge in [0.15, 0.2) is 0 Å². The number of hydrogen-bond donors (Lipinski definition) is 0. The van der Waals surface area contributed by atoms with Crippen molar-refractivity contribution in [2.24, 2.45) is 0 Å². The van der Waals surface area contributed by atoms with E-state index in [1.165, 1.54) is 6.07 Å². The van der Waals surface area contributed by atoms with Gasteiger partial charge < -0.3 is 13.7 Å². The molecular formula is C20H18N2O4. The molecule has 1 amide bonds. The van der Waals surface area contributed by atoms with E-state index in [9.17, 15) is 9.59 Å². The summed E-state index contributed by atoms with van der Waals surface area (Å²) in [4.78, 5) is 30.7. The Balaban J connectivity index is 1.62.